The Hall–Kier alpha value is -7.69. The smallest absolute Gasteiger partial charge is 0.227 e. The lowest BCUT2D eigenvalue weighted by Crippen LogP contribution is -2.16. The van der Waals surface area contributed by atoms with Crippen molar-refractivity contribution >= 4 is 60.9 Å². The fraction of sp³-hybridized carbons (Fsp3) is 0.0536. The first-order valence-corrected chi connectivity index (χ1v) is 20.5. The van der Waals surface area contributed by atoms with E-state index in [0.29, 0.717) is 11.5 Å². The van der Waals surface area contributed by atoms with Gasteiger partial charge in [-0.05, 0) is 98.8 Å². The van der Waals surface area contributed by atoms with E-state index in [2.05, 4.69) is 176 Å². The van der Waals surface area contributed by atoms with Crippen molar-refractivity contribution in [2.75, 3.05) is 4.90 Å². The zero-order valence-corrected chi connectivity index (χ0v) is 33.2. The molecule has 0 spiro atoms. The number of benzene rings is 9. The van der Waals surface area contributed by atoms with Crippen LogP contribution in [0.2, 0.25) is 0 Å². The molecule has 284 valence electrons. The van der Waals surface area contributed by atoms with Crippen molar-refractivity contribution in [3.63, 3.8) is 0 Å². The topological polar surface area (TPSA) is 42.4 Å². The van der Waals surface area contributed by atoms with Crippen LogP contribution in [-0.4, -0.2) is 4.98 Å². The molecule has 12 rings (SSSR count). The molecule has 0 radical (unpaired) electrons. The highest BCUT2D eigenvalue weighted by molar-refractivity contribution is 6.10. The quantitative estimate of drug-likeness (QED) is 0.169. The van der Waals surface area contributed by atoms with Crippen molar-refractivity contribution in [2.45, 2.75) is 19.3 Å². The van der Waals surface area contributed by atoms with E-state index in [0.717, 1.165) is 61.2 Å². The third kappa shape index (κ3) is 5.27. The Morgan fingerprint density at radius 1 is 0.433 bits per heavy atom. The summed E-state index contributed by atoms with van der Waals surface area (Å²) in [5.74, 6) is 0.606. The number of hydrogen-bond acceptors (Lipinski definition) is 4. The van der Waals surface area contributed by atoms with Gasteiger partial charge in [-0.3, -0.25) is 0 Å². The summed E-state index contributed by atoms with van der Waals surface area (Å²) in [5.41, 5.74) is 17.1. The number of para-hydroxylation sites is 1. The average Bonchev–Trinajstić information content (AvgIpc) is 3.95. The van der Waals surface area contributed by atoms with Crippen LogP contribution >= 0.6 is 0 Å². The highest BCUT2D eigenvalue weighted by atomic mass is 16.4. The lowest BCUT2D eigenvalue weighted by molar-refractivity contribution is 0.617. The van der Waals surface area contributed by atoms with Crippen LogP contribution in [0.4, 0.5) is 17.1 Å². The fourth-order valence-electron chi connectivity index (χ4n) is 9.57. The molecule has 0 saturated heterocycles. The van der Waals surface area contributed by atoms with E-state index < -0.39 is 0 Å². The Labute approximate surface area is 347 Å². The lowest BCUT2D eigenvalue weighted by atomic mass is 9.82. The summed E-state index contributed by atoms with van der Waals surface area (Å²) in [6.45, 7) is 4.69. The second kappa shape index (κ2) is 13.2. The number of rotatable bonds is 6. The molecule has 0 atom stereocenters. The molecule has 11 aromatic rings. The van der Waals surface area contributed by atoms with Gasteiger partial charge in [-0.25, -0.2) is 4.98 Å². The average molecular weight is 771 g/mol. The van der Waals surface area contributed by atoms with Crippen molar-refractivity contribution < 1.29 is 8.83 Å². The van der Waals surface area contributed by atoms with Crippen molar-refractivity contribution in [1.29, 1.82) is 0 Å². The van der Waals surface area contributed by atoms with Crippen LogP contribution in [0.3, 0.4) is 0 Å². The number of fused-ring (bicyclic) bond motifs is 8. The number of anilines is 3. The van der Waals surface area contributed by atoms with Gasteiger partial charge < -0.3 is 13.7 Å². The first-order chi connectivity index (χ1) is 29.5. The third-order valence-corrected chi connectivity index (χ3v) is 12.5. The summed E-state index contributed by atoms with van der Waals surface area (Å²) in [7, 11) is 0. The van der Waals surface area contributed by atoms with Gasteiger partial charge in [0.05, 0.1) is 11.4 Å². The summed E-state index contributed by atoms with van der Waals surface area (Å²) in [4.78, 5) is 7.28. The maximum Gasteiger partial charge on any atom is 0.227 e. The van der Waals surface area contributed by atoms with Gasteiger partial charge >= 0.3 is 0 Å². The molecular formula is C56H38N2O2. The number of hydrogen-bond donors (Lipinski definition) is 0. The maximum absolute atomic E-state index is 6.49. The molecule has 1 aliphatic carbocycles. The lowest BCUT2D eigenvalue weighted by Gasteiger charge is -2.31. The molecule has 0 fully saturated rings. The summed E-state index contributed by atoms with van der Waals surface area (Å²) in [6.07, 6.45) is 0. The number of nitrogens with zero attached hydrogens (tertiary/aromatic N) is 2. The van der Waals surface area contributed by atoms with E-state index in [9.17, 15) is 0 Å². The SMILES string of the molecule is CC1(C)c2ccccc2-c2c(N(c3ccc(-c4ccc5c(c4)oc4cc6oc(-c7ccccc7)nc6cc45)cc3)c3ccccc3-c3cccc4ccccc34)cccc21. The zero-order valence-electron chi connectivity index (χ0n) is 33.2. The third-order valence-electron chi connectivity index (χ3n) is 12.5. The van der Waals surface area contributed by atoms with E-state index in [-0.39, 0.29) is 5.41 Å². The van der Waals surface area contributed by atoms with E-state index in [4.69, 9.17) is 13.8 Å². The molecule has 2 heterocycles. The molecule has 60 heavy (non-hydrogen) atoms. The van der Waals surface area contributed by atoms with Crippen molar-refractivity contribution in [3.05, 3.63) is 205 Å². The molecule has 0 unspecified atom stereocenters. The van der Waals surface area contributed by atoms with Crippen LogP contribution in [0.5, 0.6) is 0 Å². The molecular weight excluding hydrogens is 733 g/mol. The van der Waals surface area contributed by atoms with Crippen LogP contribution < -0.4 is 4.90 Å². The summed E-state index contributed by atoms with van der Waals surface area (Å²) >= 11 is 0. The van der Waals surface area contributed by atoms with Crippen LogP contribution in [0.15, 0.2) is 203 Å². The molecule has 2 aromatic heterocycles. The highest BCUT2D eigenvalue weighted by Crippen LogP contribution is 2.55. The molecule has 9 aromatic carbocycles. The largest absolute Gasteiger partial charge is 0.456 e. The van der Waals surface area contributed by atoms with Gasteiger partial charge in [0.15, 0.2) is 5.58 Å². The molecule has 0 bridgehead atoms. The number of oxazole rings is 1. The molecule has 0 saturated carbocycles. The van der Waals surface area contributed by atoms with Gasteiger partial charge in [0.25, 0.3) is 0 Å². The Balaban J connectivity index is 0.987. The number of furan rings is 1. The molecule has 4 heteroatoms. The monoisotopic (exact) mass is 770 g/mol. The second-order valence-corrected chi connectivity index (χ2v) is 16.3. The molecule has 0 N–H and O–H groups in total. The predicted molar refractivity (Wildman–Crippen MR) is 247 cm³/mol. The van der Waals surface area contributed by atoms with E-state index in [1.807, 2.05) is 36.4 Å². The summed E-state index contributed by atoms with van der Waals surface area (Å²) in [6, 6.07) is 69.3. The Morgan fingerprint density at radius 3 is 1.98 bits per heavy atom. The van der Waals surface area contributed by atoms with Gasteiger partial charge in [-0.1, -0.05) is 147 Å². The predicted octanol–water partition coefficient (Wildman–Crippen LogP) is 15.7. The highest BCUT2D eigenvalue weighted by Gasteiger charge is 2.38. The van der Waals surface area contributed by atoms with Crippen LogP contribution in [0, 0.1) is 0 Å². The minimum absolute atomic E-state index is 0.132. The number of aromatic nitrogens is 1. The molecule has 0 amide bonds. The van der Waals surface area contributed by atoms with Crippen LogP contribution in [0.25, 0.3) is 88.6 Å². The first kappa shape index (κ1) is 34.4. The van der Waals surface area contributed by atoms with Crippen LogP contribution in [-0.2, 0) is 5.41 Å². The van der Waals surface area contributed by atoms with Crippen molar-refractivity contribution in [2.24, 2.45) is 0 Å². The fourth-order valence-corrected chi connectivity index (χ4v) is 9.57. The first-order valence-electron chi connectivity index (χ1n) is 20.5. The maximum atomic E-state index is 6.49. The van der Waals surface area contributed by atoms with Gasteiger partial charge in [0.1, 0.15) is 16.7 Å². The second-order valence-electron chi connectivity index (χ2n) is 16.3. The zero-order chi connectivity index (χ0) is 40.0. The van der Waals surface area contributed by atoms with Crippen molar-refractivity contribution in [1.82, 2.24) is 4.98 Å². The minimum atomic E-state index is -0.132. The molecule has 0 aliphatic heterocycles. The molecule has 4 nitrogen and oxygen atoms in total. The van der Waals surface area contributed by atoms with Gasteiger partial charge in [-0.2, -0.15) is 0 Å². The summed E-state index contributed by atoms with van der Waals surface area (Å²) in [5, 5.41) is 4.53. The van der Waals surface area contributed by atoms with Gasteiger partial charge in [0.2, 0.25) is 5.89 Å². The van der Waals surface area contributed by atoms with E-state index >= 15 is 0 Å². The van der Waals surface area contributed by atoms with E-state index in [1.54, 1.807) is 0 Å². The van der Waals surface area contributed by atoms with Crippen LogP contribution in [0.1, 0.15) is 25.0 Å². The Bertz CT molecular complexity index is 3460. The Morgan fingerprint density at radius 2 is 1.10 bits per heavy atom. The normalized spacial score (nSPS) is 13.0. The standard InChI is InChI=1S/C56H38N2O2/c1-56(2)46-22-10-8-20-44(46)54-47(56)23-13-25-50(54)58(49-24-11-9-19-42(49)41-21-12-17-36-14-6-7-18-40(36)41)39-29-26-35(27-30-39)38-28-31-43-45-33-48-53(34-52(45)59-51(43)32-38)60-55(57-48)37-15-4-3-5-16-37/h3-34H,1-2H3. The summed E-state index contributed by atoms with van der Waals surface area (Å²) < 4.78 is 12.7. The van der Waals surface area contributed by atoms with Gasteiger partial charge in [0, 0.05) is 44.6 Å². The van der Waals surface area contributed by atoms with Gasteiger partial charge in [-0.15, -0.1) is 0 Å². The Kier molecular flexibility index (Phi) is 7.54. The molecule has 1 aliphatic rings. The van der Waals surface area contributed by atoms with E-state index in [1.165, 1.54) is 44.2 Å². The van der Waals surface area contributed by atoms with Crippen molar-refractivity contribution in [3.8, 4) is 44.8 Å². The minimum Gasteiger partial charge on any atom is -0.456 e.